The van der Waals surface area contributed by atoms with Crippen LogP contribution in [0.1, 0.15) is 22.7 Å². The first-order valence-corrected chi connectivity index (χ1v) is 6.52. The number of hydrogen-bond acceptors (Lipinski definition) is 4. The molecule has 1 aliphatic rings. The summed E-state index contributed by atoms with van der Waals surface area (Å²) in [4.78, 5) is 21.9. The molecule has 0 bridgehead atoms. The van der Waals surface area contributed by atoms with Crippen molar-refractivity contribution in [3.8, 4) is 0 Å². The average molecular weight is 269 g/mol. The molecular weight excluding hydrogens is 254 g/mol. The Kier molecular flexibility index (Phi) is 3.10. The Balaban J connectivity index is 2.04. The van der Waals surface area contributed by atoms with Crippen LogP contribution in [0.15, 0.2) is 36.7 Å². The quantitative estimate of drug-likeness (QED) is 0.903. The number of carboxylic acids is 1. The summed E-state index contributed by atoms with van der Waals surface area (Å²) in [5.74, 6) is -0.404. The minimum atomic E-state index is -0.874. The van der Waals surface area contributed by atoms with E-state index in [1.807, 2.05) is 31.2 Å². The molecule has 1 aromatic carbocycles. The zero-order chi connectivity index (χ0) is 14.1. The SMILES string of the molecule is Cc1cnc(N2CCc3ccccc3C2C(=O)O)nc1. The Morgan fingerprint density at radius 1 is 1.30 bits per heavy atom. The number of aliphatic carboxylic acids is 1. The third kappa shape index (κ3) is 2.11. The van der Waals surface area contributed by atoms with Crippen LogP contribution in [0.5, 0.6) is 0 Å². The summed E-state index contributed by atoms with van der Waals surface area (Å²) in [5.41, 5.74) is 2.87. The number of fused-ring (bicyclic) bond motifs is 1. The zero-order valence-electron chi connectivity index (χ0n) is 11.2. The predicted octanol–water partition coefficient (Wildman–Crippen LogP) is 1.97. The van der Waals surface area contributed by atoms with Gasteiger partial charge in [-0.15, -0.1) is 0 Å². The zero-order valence-corrected chi connectivity index (χ0v) is 11.2. The smallest absolute Gasteiger partial charge is 0.331 e. The number of carbonyl (C=O) groups is 1. The Hall–Kier alpha value is -2.43. The van der Waals surface area contributed by atoms with Crippen molar-refractivity contribution in [3.63, 3.8) is 0 Å². The van der Waals surface area contributed by atoms with Gasteiger partial charge in [-0.1, -0.05) is 24.3 Å². The standard InChI is InChI=1S/C15H15N3O2/c1-10-8-16-15(17-9-10)18-7-6-11-4-2-3-5-12(11)13(18)14(19)20/h2-5,8-9,13H,6-7H2,1H3,(H,19,20). The minimum Gasteiger partial charge on any atom is -0.479 e. The molecule has 0 spiro atoms. The molecule has 3 rings (SSSR count). The molecule has 0 aliphatic carbocycles. The molecule has 1 atom stereocenters. The molecule has 5 nitrogen and oxygen atoms in total. The second-order valence-corrected chi connectivity index (χ2v) is 4.94. The van der Waals surface area contributed by atoms with Gasteiger partial charge in [0.25, 0.3) is 0 Å². The van der Waals surface area contributed by atoms with Gasteiger partial charge < -0.3 is 10.0 Å². The van der Waals surface area contributed by atoms with Crippen molar-refractivity contribution in [3.05, 3.63) is 53.3 Å². The van der Waals surface area contributed by atoms with Crippen molar-refractivity contribution in [1.29, 1.82) is 0 Å². The number of benzene rings is 1. The van der Waals surface area contributed by atoms with E-state index in [9.17, 15) is 9.90 Å². The second kappa shape index (κ2) is 4.92. The highest BCUT2D eigenvalue weighted by atomic mass is 16.4. The summed E-state index contributed by atoms with van der Waals surface area (Å²) in [6.45, 7) is 2.51. The number of anilines is 1. The van der Waals surface area contributed by atoms with Gasteiger partial charge in [-0.25, -0.2) is 14.8 Å². The number of rotatable bonds is 2. The summed E-state index contributed by atoms with van der Waals surface area (Å²) in [7, 11) is 0. The van der Waals surface area contributed by atoms with E-state index in [-0.39, 0.29) is 0 Å². The molecule has 0 saturated heterocycles. The van der Waals surface area contributed by atoms with Gasteiger partial charge in [-0.05, 0) is 30.0 Å². The Morgan fingerprint density at radius 2 is 2.00 bits per heavy atom. The van der Waals surface area contributed by atoms with Crippen LogP contribution < -0.4 is 4.90 Å². The van der Waals surface area contributed by atoms with E-state index in [0.29, 0.717) is 12.5 Å². The third-order valence-electron chi connectivity index (χ3n) is 3.54. The molecule has 1 aliphatic heterocycles. The lowest BCUT2D eigenvalue weighted by Gasteiger charge is -2.34. The van der Waals surface area contributed by atoms with Crippen molar-refractivity contribution in [2.45, 2.75) is 19.4 Å². The fourth-order valence-electron chi connectivity index (χ4n) is 2.58. The summed E-state index contributed by atoms with van der Waals surface area (Å²) in [6.07, 6.45) is 4.22. The Bertz CT molecular complexity index is 640. The van der Waals surface area contributed by atoms with Crippen molar-refractivity contribution < 1.29 is 9.90 Å². The molecule has 1 N–H and O–H groups in total. The van der Waals surface area contributed by atoms with Crippen LogP contribution in [0.3, 0.4) is 0 Å². The van der Waals surface area contributed by atoms with Crippen molar-refractivity contribution in [2.24, 2.45) is 0 Å². The van der Waals surface area contributed by atoms with Gasteiger partial charge in [0.05, 0.1) is 0 Å². The fourth-order valence-corrected chi connectivity index (χ4v) is 2.58. The lowest BCUT2D eigenvalue weighted by atomic mass is 9.93. The highest BCUT2D eigenvalue weighted by Crippen LogP contribution is 2.32. The van der Waals surface area contributed by atoms with Crippen LogP contribution >= 0.6 is 0 Å². The molecular formula is C15H15N3O2. The van der Waals surface area contributed by atoms with Gasteiger partial charge >= 0.3 is 5.97 Å². The summed E-state index contributed by atoms with van der Waals surface area (Å²) in [6, 6.07) is 6.94. The largest absolute Gasteiger partial charge is 0.479 e. The van der Waals surface area contributed by atoms with E-state index in [0.717, 1.165) is 23.1 Å². The molecule has 2 heterocycles. The fraction of sp³-hybridized carbons (Fsp3) is 0.267. The number of carboxylic acid groups (broad SMARTS) is 1. The van der Waals surface area contributed by atoms with E-state index in [1.54, 1.807) is 17.3 Å². The number of hydrogen-bond donors (Lipinski definition) is 1. The first kappa shape index (κ1) is 12.6. The van der Waals surface area contributed by atoms with Gasteiger partial charge in [-0.2, -0.15) is 0 Å². The van der Waals surface area contributed by atoms with Gasteiger partial charge in [0.15, 0.2) is 6.04 Å². The van der Waals surface area contributed by atoms with Gasteiger partial charge in [-0.3, -0.25) is 0 Å². The third-order valence-corrected chi connectivity index (χ3v) is 3.54. The molecule has 0 radical (unpaired) electrons. The number of aromatic nitrogens is 2. The molecule has 0 amide bonds. The second-order valence-electron chi connectivity index (χ2n) is 4.94. The van der Waals surface area contributed by atoms with Gasteiger partial charge in [0.2, 0.25) is 5.95 Å². The van der Waals surface area contributed by atoms with Crippen LogP contribution in [0.4, 0.5) is 5.95 Å². The number of nitrogens with zero attached hydrogens (tertiary/aromatic N) is 3. The highest BCUT2D eigenvalue weighted by molar-refractivity contribution is 5.80. The maximum Gasteiger partial charge on any atom is 0.331 e. The molecule has 2 aromatic rings. The normalized spacial score (nSPS) is 17.6. The van der Waals surface area contributed by atoms with E-state index < -0.39 is 12.0 Å². The molecule has 1 aromatic heterocycles. The lowest BCUT2D eigenvalue weighted by Crippen LogP contribution is -2.40. The number of aryl methyl sites for hydroxylation is 1. The maximum atomic E-state index is 11.7. The predicted molar refractivity (Wildman–Crippen MR) is 74.6 cm³/mol. The van der Waals surface area contributed by atoms with Crippen molar-refractivity contribution in [2.75, 3.05) is 11.4 Å². The molecule has 0 saturated carbocycles. The van der Waals surface area contributed by atoms with E-state index in [4.69, 9.17) is 0 Å². The average Bonchev–Trinajstić information content (AvgIpc) is 2.46. The maximum absolute atomic E-state index is 11.7. The van der Waals surface area contributed by atoms with Crippen LogP contribution in [0.2, 0.25) is 0 Å². The first-order valence-electron chi connectivity index (χ1n) is 6.52. The molecule has 5 heteroatoms. The van der Waals surface area contributed by atoms with Crippen molar-refractivity contribution in [1.82, 2.24) is 9.97 Å². The summed E-state index contributed by atoms with van der Waals surface area (Å²) in [5, 5.41) is 9.57. The van der Waals surface area contributed by atoms with Crippen LogP contribution in [-0.4, -0.2) is 27.6 Å². The lowest BCUT2D eigenvalue weighted by molar-refractivity contribution is -0.138. The highest BCUT2D eigenvalue weighted by Gasteiger charge is 2.34. The molecule has 102 valence electrons. The summed E-state index contributed by atoms with van der Waals surface area (Å²) < 4.78 is 0. The van der Waals surface area contributed by atoms with Gasteiger partial charge in [0.1, 0.15) is 0 Å². The Morgan fingerprint density at radius 3 is 2.70 bits per heavy atom. The van der Waals surface area contributed by atoms with E-state index in [1.165, 1.54) is 0 Å². The van der Waals surface area contributed by atoms with Crippen molar-refractivity contribution >= 4 is 11.9 Å². The molecule has 1 unspecified atom stereocenters. The minimum absolute atomic E-state index is 0.470. The Labute approximate surface area is 116 Å². The van der Waals surface area contributed by atoms with E-state index in [2.05, 4.69) is 9.97 Å². The van der Waals surface area contributed by atoms with E-state index >= 15 is 0 Å². The van der Waals surface area contributed by atoms with Crippen LogP contribution in [0.25, 0.3) is 0 Å². The summed E-state index contributed by atoms with van der Waals surface area (Å²) >= 11 is 0. The van der Waals surface area contributed by atoms with Crippen LogP contribution in [-0.2, 0) is 11.2 Å². The molecule has 20 heavy (non-hydrogen) atoms. The molecule has 0 fully saturated rings. The monoisotopic (exact) mass is 269 g/mol. The topological polar surface area (TPSA) is 66.3 Å². The van der Waals surface area contributed by atoms with Crippen LogP contribution in [0, 0.1) is 6.92 Å². The first-order chi connectivity index (χ1) is 9.66. The van der Waals surface area contributed by atoms with Gasteiger partial charge in [0, 0.05) is 18.9 Å².